The molecule has 196 valence electrons. The highest BCUT2D eigenvalue weighted by Crippen LogP contribution is 2.26. The predicted octanol–water partition coefficient (Wildman–Crippen LogP) is 3.16. The SMILES string of the molecule is CCCOC(=O)c1ccc(Cl)c(NC(=O)C(C(=O)N(C)Cc2ccccc2)N2C(=O)C(C)N(C)C2=O)c1. The fourth-order valence-corrected chi connectivity index (χ4v) is 3.91. The molecular weight excluding hydrogens is 500 g/mol. The van der Waals surface area contributed by atoms with Crippen LogP contribution < -0.4 is 5.32 Å². The van der Waals surface area contributed by atoms with Crippen LogP contribution in [0, 0.1) is 0 Å². The number of carbonyl (C=O) groups excluding carboxylic acids is 5. The molecule has 1 aliphatic rings. The van der Waals surface area contributed by atoms with E-state index in [2.05, 4.69) is 5.32 Å². The lowest BCUT2D eigenvalue weighted by atomic mass is 10.1. The maximum Gasteiger partial charge on any atom is 0.338 e. The molecule has 1 heterocycles. The number of halogens is 1. The Morgan fingerprint density at radius 3 is 2.41 bits per heavy atom. The van der Waals surface area contributed by atoms with Gasteiger partial charge in [0.15, 0.2) is 6.04 Å². The standard InChI is InChI=1S/C26H29ClN4O6/c1-5-13-37-25(35)18-11-12-19(27)20(14-18)28-22(32)21(31-23(33)16(2)30(4)26(31)36)24(34)29(3)15-17-9-7-6-8-10-17/h6-12,14,16,21H,5,13,15H2,1-4H3,(H,28,32). The van der Waals surface area contributed by atoms with Crippen molar-refractivity contribution in [3.63, 3.8) is 0 Å². The number of imide groups is 1. The van der Waals surface area contributed by atoms with Crippen LogP contribution in [0.3, 0.4) is 0 Å². The van der Waals surface area contributed by atoms with Gasteiger partial charge < -0.3 is 19.9 Å². The van der Waals surface area contributed by atoms with E-state index in [4.69, 9.17) is 16.3 Å². The molecule has 0 bridgehead atoms. The van der Waals surface area contributed by atoms with Gasteiger partial charge in [0, 0.05) is 20.6 Å². The molecule has 2 aromatic carbocycles. The number of urea groups is 1. The number of ether oxygens (including phenoxy) is 1. The molecule has 0 aromatic heterocycles. The first-order chi connectivity index (χ1) is 17.6. The Labute approximate surface area is 220 Å². The van der Waals surface area contributed by atoms with Crippen LogP contribution in [0.4, 0.5) is 10.5 Å². The first kappa shape index (κ1) is 27.7. The van der Waals surface area contributed by atoms with Crippen molar-refractivity contribution in [2.24, 2.45) is 0 Å². The summed E-state index contributed by atoms with van der Waals surface area (Å²) in [6.45, 7) is 3.73. The van der Waals surface area contributed by atoms with Crippen molar-refractivity contribution in [2.45, 2.75) is 38.9 Å². The zero-order valence-corrected chi connectivity index (χ0v) is 21.8. The maximum atomic E-state index is 13.5. The minimum Gasteiger partial charge on any atom is -0.462 e. The summed E-state index contributed by atoms with van der Waals surface area (Å²) < 4.78 is 5.13. The molecule has 0 radical (unpaired) electrons. The zero-order valence-electron chi connectivity index (χ0n) is 21.1. The molecule has 1 N–H and O–H groups in total. The smallest absolute Gasteiger partial charge is 0.338 e. The van der Waals surface area contributed by atoms with Crippen molar-refractivity contribution >= 4 is 47.0 Å². The molecule has 1 saturated heterocycles. The van der Waals surface area contributed by atoms with Gasteiger partial charge in [-0.3, -0.25) is 14.4 Å². The summed E-state index contributed by atoms with van der Waals surface area (Å²) >= 11 is 6.25. The van der Waals surface area contributed by atoms with Crippen LogP contribution in [0.5, 0.6) is 0 Å². The highest BCUT2D eigenvalue weighted by Gasteiger charge is 2.50. The quantitative estimate of drug-likeness (QED) is 0.303. The van der Waals surface area contributed by atoms with Gasteiger partial charge in [-0.05, 0) is 37.1 Å². The fourth-order valence-electron chi connectivity index (χ4n) is 3.75. The van der Waals surface area contributed by atoms with E-state index in [0.29, 0.717) is 11.3 Å². The molecule has 37 heavy (non-hydrogen) atoms. The average Bonchev–Trinajstić information content (AvgIpc) is 3.07. The number of hydrogen-bond donors (Lipinski definition) is 1. The molecule has 0 aliphatic carbocycles. The lowest BCUT2D eigenvalue weighted by molar-refractivity contribution is -0.146. The normalized spacial score (nSPS) is 16.0. The average molecular weight is 529 g/mol. The van der Waals surface area contributed by atoms with E-state index in [0.717, 1.165) is 10.5 Å². The molecule has 11 heteroatoms. The van der Waals surface area contributed by atoms with Gasteiger partial charge >= 0.3 is 12.0 Å². The largest absolute Gasteiger partial charge is 0.462 e. The molecule has 10 nitrogen and oxygen atoms in total. The van der Waals surface area contributed by atoms with Crippen LogP contribution in [0.1, 0.15) is 36.2 Å². The molecule has 3 rings (SSSR count). The Kier molecular flexibility index (Phi) is 8.88. The lowest BCUT2D eigenvalue weighted by Crippen LogP contribution is -2.56. The van der Waals surface area contributed by atoms with Crippen LogP contribution in [0.25, 0.3) is 0 Å². The zero-order chi connectivity index (χ0) is 27.3. The molecule has 1 fully saturated rings. The Bertz CT molecular complexity index is 1180. The van der Waals surface area contributed by atoms with Gasteiger partial charge in [-0.2, -0.15) is 0 Å². The number of anilines is 1. The Balaban J connectivity index is 1.93. The van der Waals surface area contributed by atoms with Crippen molar-refractivity contribution < 1.29 is 28.7 Å². The maximum absolute atomic E-state index is 13.5. The Morgan fingerprint density at radius 1 is 1.14 bits per heavy atom. The van der Waals surface area contributed by atoms with E-state index in [1.54, 1.807) is 0 Å². The van der Waals surface area contributed by atoms with E-state index < -0.39 is 41.8 Å². The number of hydrogen-bond acceptors (Lipinski definition) is 6. The van der Waals surface area contributed by atoms with Gasteiger partial charge in [-0.25, -0.2) is 14.5 Å². The van der Waals surface area contributed by atoms with Crippen molar-refractivity contribution in [1.29, 1.82) is 0 Å². The molecule has 1 aliphatic heterocycles. The minimum absolute atomic E-state index is 0.0293. The minimum atomic E-state index is -1.80. The van der Waals surface area contributed by atoms with E-state index in [9.17, 15) is 24.0 Å². The number of nitrogens with one attached hydrogen (secondary N) is 1. The summed E-state index contributed by atoms with van der Waals surface area (Å²) in [5.74, 6) is -3.00. The fraction of sp³-hybridized carbons (Fsp3) is 0.346. The summed E-state index contributed by atoms with van der Waals surface area (Å²) in [6, 6.07) is 9.80. The van der Waals surface area contributed by atoms with Crippen LogP contribution >= 0.6 is 11.6 Å². The van der Waals surface area contributed by atoms with Crippen molar-refractivity contribution in [1.82, 2.24) is 14.7 Å². The van der Waals surface area contributed by atoms with E-state index in [1.165, 1.54) is 44.1 Å². The van der Waals surface area contributed by atoms with Crippen LogP contribution in [-0.2, 0) is 25.7 Å². The van der Waals surface area contributed by atoms with Gasteiger partial charge in [0.05, 0.1) is 22.9 Å². The second kappa shape index (κ2) is 11.9. The Hall–Kier alpha value is -3.92. The highest BCUT2D eigenvalue weighted by atomic mass is 35.5. The van der Waals surface area contributed by atoms with Gasteiger partial charge in [0.1, 0.15) is 6.04 Å². The third kappa shape index (κ3) is 6.08. The topological polar surface area (TPSA) is 116 Å². The number of nitrogens with zero attached hydrogens (tertiary/aromatic N) is 3. The number of esters is 1. The van der Waals surface area contributed by atoms with Gasteiger partial charge in [0.2, 0.25) is 0 Å². The monoisotopic (exact) mass is 528 g/mol. The van der Waals surface area contributed by atoms with E-state index >= 15 is 0 Å². The summed E-state index contributed by atoms with van der Waals surface area (Å²) in [4.78, 5) is 68.3. The van der Waals surface area contributed by atoms with Crippen LogP contribution in [-0.4, -0.2) is 77.2 Å². The lowest BCUT2D eigenvalue weighted by Gasteiger charge is -2.28. The molecule has 5 amide bonds. The second-order valence-electron chi connectivity index (χ2n) is 8.68. The molecule has 2 unspecified atom stereocenters. The number of benzene rings is 2. The highest BCUT2D eigenvalue weighted by molar-refractivity contribution is 6.34. The summed E-state index contributed by atoms with van der Waals surface area (Å²) in [5, 5.41) is 2.61. The second-order valence-corrected chi connectivity index (χ2v) is 9.09. The van der Waals surface area contributed by atoms with Crippen LogP contribution in [0.2, 0.25) is 5.02 Å². The molecule has 0 spiro atoms. The van der Waals surface area contributed by atoms with Gasteiger partial charge in [-0.1, -0.05) is 48.9 Å². The molecular formula is C26H29ClN4O6. The summed E-state index contributed by atoms with van der Waals surface area (Å²) in [7, 11) is 2.89. The number of carbonyl (C=O) groups is 5. The molecule has 2 atom stereocenters. The van der Waals surface area contributed by atoms with E-state index in [1.807, 2.05) is 37.3 Å². The van der Waals surface area contributed by atoms with Crippen molar-refractivity contribution in [3.8, 4) is 0 Å². The number of likely N-dealkylation sites (N-methyl/N-ethyl adjacent to an activating group) is 2. The van der Waals surface area contributed by atoms with Crippen molar-refractivity contribution in [3.05, 3.63) is 64.7 Å². The van der Waals surface area contributed by atoms with Crippen LogP contribution in [0.15, 0.2) is 48.5 Å². The predicted molar refractivity (Wildman–Crippen MR) is 137 cm³/mol. The third-order valence-corrected chi connectivity index (χ3v) is 6.29. The Morgan fingerprint density at radius 2 is 1.81 bits per heavy atom. The number of rotatable bonds is 9. The van der Waals surface area contributed by atoms with Gasteiger partial charge in [0.25, 0.3) is 17.7 Å². The third-order valence-electron chi connectivity index (χ3n) is 5.96. The van der Waals surface area contributed by atoms with E-state index in [-0.39, 0.29) is 29.4 Å². The number of amides is 5. The van der Waals surface area contributed by atoms with Crippen molar-refractivity contribution in [2.75, 3.05) is 26.0 Å². The molecule has 2 aromatic rings. The first-order valence-corrected chi connectivity index (χ1v) is 12.1. The first-order valence-electron chi connectivity index (χ1n) is 11.7. The van der Waals surface area contributed by atoms with Gasteiger partial charge in [-0.15, -0.1) is 0 Å². The summed E-state index contributed by atoms with van der Waals surface area (Å²) in [6.07, 6.45) is 0.633. The molecule has 0 saturated carbocycles. The summed E-state index contributed by atoms with van der Waals surface area (Å²) in [5.41, 5.74) is 0.962.